The number of rotatable bonds is 12. The molecule has 3 aromatic rings. The number of aromatic nitrogens is 2. The zero-order valence-corrected chi connectivity index (χ0v) is 19.9. The second kappa shape index (κ2) is 12.7. The van der Waals surface area contributed by atoms with E-state index in [1.165, 1.54) is 24.8 Å². The second-order valence-corrected chi connectivity index (χ2v) is 8.25. The summed E-state index contributed by atoms with van der Waals surface area (Å²) < 4.78 is 10.9. The molecule has 1 heterocycles. The van der Waals surface area contributed by atoms with Gasteiger partial charge in [0.25, 0.3) is 0 Å². The summed E-state index contributed by atoms with van der Waals surface area (Å²) in [5.74, 6) is 0.995. The maximum absolute atomic E-state index is 12.0. The summed E-state index contributed by atoms with van der Waals surface area (Å²) in [4.78, 5) is 21.1. The molecule has 0 radical (unpaired) electrons. The van der Waals surface area contributed by atoms with Crippen molar-refractivity contribution in [2.75, 3.05) is 6.61 Å². The largest absolute Gasteiger partial charge is 0.479 e. The normalized spacial score (nSPS) is 11.7. The van der Waals surface area contributed by atoms with E-state index in [1.54, 1.807) is 6.92 Å². The van der Waals surface area contributed by atoms with E-state index in [1.807, 2.05) is 36.7 Å². The summed E-state index contributed by atoms with van der Waals surface area (Å²) in [5, 5.41) is 0. The molecule has 0 fully saturated rings. The summed E-state index contributed by atoms with van der Waals surface area (Å²) in [5.41, 5.74) is 4.28. The number of hydrogen-bond donors (Lipinski definition) is 0. The molecule has 3 rings (SSSR count). The molecule has 0 spiro atoms. The molecule has 0 aliphatic rings. The third kappa shape index (κ3) is 7.41. The van der Waals surface area contributed by atoms with Crippen LogP contribution in [0.3, 0.4) is 0 Å². The zero-order valence-electron chi connectivity index (χ0n) is 19.9. The monoisotopic (exact) mass is 446 g/mol. The first-order valence-electron chi connectivity index (χ1n) is 12.0. The van der Waals surface area contributed by atoms with Gasteiger partial charge in [0.05, 0.1) is 6.61 Å². The number of benzene rings is 2. The summed E-state index contributed by atoms with van der Waals surface area (Å²) in [6, 6.07) is 16.1. The Morgan fingerprint density at radius 1 is 0.818 bits per heavy atom. The van der Waals surface area contributed by atoms with Crippen LogP contribution in [0.1, 0.15) is 58.4 Å². The molecule has 0 saturated carbocycles. The number of hydrogen-bond acceptors (Lipinski definition) is 5. The van der Waals surface area contributed by atoms with Crippen LogP contribution >= 0.6 is 0 Å². The highest BCUT2D eigenvalue weighted by molar-refractivity contribution is 5.74. The van der Waals surface area contributed by atoms with Crippen molar-refractivity contribution in [3.63, 3.8) is 0 Å². The van der Waals surface area contributed by atoms with E-state index < -0.39 is 6.10 Å². The molecule has 0 bridgehead atoms. The third-order valence-electron chi connectivity index (χ3n) is 5.51. The number of esters is 1. The lowest BCUT2D eigenvalue weighted by molar-refractivity contribution is -0.151. The van der Waals surface area contributed by atoms with E-state index in [0.717, 1.165) is 36.0 Å². The van der Waals surface area contributed by atoms with Gasteiger partial charge in [-0.05, 0) is 49.4 Å². The number of unbranched alkanes of at least 4 members (excludes halogenated alkanes) is 3. The van der Waals surface area contributed by atoms with Gasteiger partial charge >= 0.3 is 5.97 Å². The molecule has 2 aromatic carbocycles. The van der Waals surface area contributed by atoms with Crippen molar-refractivity contribution in [3.8, 4) is 28.3 Å². The van der Waals surface area contributed by atoms with Gasteiger partial charge in [-0.1, -0.05) is 69.5 Å². The molecule has 0 amide bonds. The fraction of sp³-hybridized carbons (Fsp3) is 0.393. The molecule has 0 aliphatic carbocycles. The minimum atomic E-state index is -0.645. The fourth-order valence-electron chi connectivity index (χ4n) is 3.44. The highest BCUT2D eigenvalue weighted by Gasteiger charge is 2.16. The van der Waals surface area contributed by atoms with E-state index in [2.05, 4.69) is 48.1 Å². The quantitative estimate of drug-likeness (QED) is 0.230. The Hall–Kier alpha value is -3.21. The van der Waals surface area contributed by atoms with E-state index in [-0.39, 0.29) is 5.97 Å². The van der Waals surface area contributed by atoms with E-state index in [9.17, 15) is 4.79 Å². The average molecular weight is 447 g/mol. The molecular formula is C28H34N2O3. The lowest BCUT2D eigenvalue weighted by Gasteiger charge is -2.14. The highest BCUT2D eigenvalue weighted by Crippen LogP contribution is 2.24. The smallest absolute Gasteiger partial charge is 0.347 e. The summed E-state index contributed by atoms with van der Waals surface area (Å²) >= 11 is 0. The predicted molar refractivity (Wildman–Crippen MR) is 132 cm³/mol. The van der Waals surface area contributed by atoms with Crippen LogP contribution in [0, 0.1) is 0 Å². The van der Waals surface area contributed by atoms with Gasteiger partial charge in [-0.15, -0.1) is 0 Å². The zero-order chi connectivity index (χ0) is 23.5. The van der Waals surface area contributed by atoms with Gasteiger partial charge in [-0.2, -0.15) is 0 Å². The number of nitrogens with zero attached hydrogens (tertiary/aromatic N) is 2. The van der Waals surface area contributed by atoms with Crippen LogP contribution in [0.2, 0.25) is 0 Å². The molecule has 0 aliphatic heterocycles. The molecule has 5 heteroatoms. The minimum absolute atomic E-state index is 0.342. The molecular weight excluding hydrogens is 412 g/mol. The average Bonchev–Trinajstić information content (AvgIpc) is 2.85. The van der Waals surface area contributed by atoms with Crippen molar-refractivity contribution in [2.45, 2.75) is 65.4 Å². The Balaban J connectivity index is 1.58. The van der Waals surface area contributed by atoms with Crippen molar-refractivity contribution in [2.24, 2.45) is 0 Å². The van der Waals surface area contributed by atoms with Crippen LogP contribution in [0.25, 0.3) is 22.5 Å². The summed E-state index contributed by atoms with van der Waals surface area (Å²) in [6.07, 6.45) is 9.72. The van der Waals surface area contributed by atoms with Crippen LogP contribution < -0.4 is 4.74 Å². The van der Waals surface area contributed by atoms with Gasteiger partial charge in [0.1, 0.15) is 5.75 Å². The Bertz CT molecular complexity index is 983. The molecule has 174 valence electrons. The number of carbonyl (C=O) groups is 1. The van der Waals surface area contributed by atoms with Crippen molar-refractivity contribution < 1.29 is 14.3 Å². The second-order valence-electron chi connectivity index (χ2n) is 8.25. The fourth-order valence-corrected chi connectivity index (χ4v) is 3.44. The van der Waals surface area contributed by atoms with Gasteiger partial charge in [-0.25, -0.2) is 14.8 Å². The first-order valence-corrected chi connectivity index (χ1v) is 12.0. The standard InChI is InChI=1S/C28H34N2O3/c1-4-6-8-9-22-10-12-24(13-11-22)27-29-19-25(20-30-27)23-14-16-26(17-15-23)33-21(3)28(31)32-18-7-5-2/h10-17,19-21H,4-9,18H2,1-3H3. The molecule has 1 atom stereocenters. The molecule has 5 nitrogen and oxygen atoms in total. The van der Waals surface area contributed by atoms with Crippen LogP contribution in [0.4, 0.5) is 0 Å². The Morgan fingerprint density at radius 3 is 2.09 bits per heavy atom. The Kier molecular flexibility index (Phi) is 9.43. The molecule has 0 N–H and O–H groups in total. The van der Waals surface area contributed by atoms with Crippen LogP contribution in [0.5, 0.6) is 5.75 Å². The number of ether oxygens (including phenoxy) is 2. The summed E-state index contributed by atoms with van der Waals surface area (Å²) in [6.45, 7) is 6.41. The van der Waals surface area contributed by atoms with E-state index in [4.69, 9.17) is 9.47 Å². The topological polar surface area (TPSA) is 61.3 Å². The van der Waals surface area contributed by atoms with Crippen molar-refractivity contribution in [1.29, 1.82) is 0 Å². The van der Waals surface area contributed by atoms with Gasteiger partial charge in [0, 0.05) is 23.5 Å². The van der Waals surface area contributed by atoms with Gasteiger partial charge < -0.3 is 9.47 Å². The maximum Gasteiger partial charge on any atom is 0.347 e. The van der Waals surface area contributed by atoms with Crippen molar-refractivity contribution >= 4 is 5.97 Å². The SMILES string of the molecule is CCCCCc1ccc(-c2ncc(-c3ccc(OC(C)C(=O)OCCCC)cc3)cn2)cc1. The first kappa shape index (κ1) is 24.4. The van der Waals surface area contributed by atoms with E-state index >= 15 is 0 Å². The molecule has 1 aromatic heterocycles. The lowest BCUT2D eigenvalue weighted by Crippen LogP contribution is -2.26. The first-order chi connectivity index (χ1) is 16.1. The van der Waals surface area contributed by atoms with Gasteiger partial charge in [-0.3, -0.25) is 0 Å². The van der Waals surface area contributed by atoms with Crippen LogP contribution in [0.15, 0.2) is 60.9 Å². The third-order valence-corrected chi connectivity index (χ3v) is 5.51. The highest BCUT2D eigenvalue weighted by atomic mass is 16.6. The van der Waals surface area contributed by atoms with Crippen molar-refractivity contribution in [1.82, 2.24) is 9.97 Å². The van der Waals surface area contributed by atoms with Crippen LogP contribution in [-0.2, 0) is 16.0 Å². The van der Waals surface area contributed by atoms with Gasteiger partial charge in [0.15, 0.2) is 11.9 Å². The van der Waals surface area contributed by atoms with E-state index in [0.29, 0.717) is 18.2 Å². The molecule has 1 unspecified atom stereocenters. The van der Waals surface area contributed by atoms with Crippen LogP contribution in [-0.4, -0.2) is 28.6 Å². The maximum atomic E-state index is 12.0. The van der Waals surface area contributed by atoms with Gasteiger partial charge in [0.2, 0.25) is 0 Å². The lowest BCUT2D eigenvalue weighted by atomic mass is 10.0. The molecule has 33 heavy (non-hydrogen) atoms. The predicted octanol–water partition coefficient (Wildman–Crippen LogP) is 6.65. The number of carbonyl (C=O) groups excluding carboxylic acids is 1. The minimum Gasteiger partial charge on any atom is -0.479 e. The Labute approximate surface area is 197 Å². The Morgan fingerprint density at radius 2 is 1.45 bits per heavy atom. The summed E-state index contributed by atoms with van der Waals surface area (Å²) in [7, 11) is 0. The number of aryl methyl sites for hydroxylation is 1. The molecule has 0 saturated heterocycles. The van der Waals surface area contributed by atoms with Crippen molar-refractivity contribution in [3.05, 3.63) is 66.5 Å².